The highest BCUT2D eigenvalue weighted by Gasteiger charge is 2.16. The van der Waals surface area contributed by atoms with Gasteiger partial charge in [0.2, 0.25) is 0 Å². The van der Waals surface area contributed by atoms with Crippen LogP contribution in [0.25, 0.3) is 11.0 Å². The van der Waals surface area contributed by atoms with Crippen molar-refractivity contribution in [2.75, 3.05) is 0 Å². The van der Waals surface area contributed by atoms with E-state index in [1.807, 2.05) is 36.4 Å². The number of hydrogen-bond acceptors (Lipinski definition) is 2. The molecule has 112 valence electrons. The lowest BCUT2D eigenvalue weighted by molar-refractivity contribution is 0.0695. The molecule has 3 aromatic rings. The number of hydrogen-bond donors (Lipinski definition) is 1. The lowest BCUT2D eigenvalue weighted by Gasteiger charge is -2.13. The fourth-order valence-electron chi connectivity index (χ4n) is 2.74. The van der Waals surface area contributed by atoms with E-state index < -0.39 is 5.97 Å². The van der Waals surface area contributed by atoms with Crippen LogP contribution in [0, 0.1) is 0 Å². The Balaban J connectivity index is 2.15. The lowest BCUT2D eigenvalue weighted by atomic mass is 10.1. The number of carboxylic acid groups (broad SMARTS) is 1. The molecule has 0 saturated heterocycles. The zero-order chi connectivity index (χ0) is 15.7. The van der Waals surface area contributed by atoms with Gasteiger partial charge in [0.05, 0.1) is 23.1 Å². The van der Waals surface area contributed by atoms with Crippen molar-refractivity contribution in [3.8, 4) is 0 Å². The average molecular weight is 294 g/mol. The van der Waals surface area contributed by atoms with E-state index in [2.05, 4.69) is 18.4 Å². The highest BCUT2D eigenvalue weighted by molar-refractivity contribution is 5.89. The third kappa shape index (κ3) is 2.48. The lowest BCUT2D eigenvalue weighted by Crippen LogP contribution is -2.10. The second-order valence-electron chi connectivity index (χ2n) is 5.66. The molecule has 1 N–H and O–H groups in total. The predicted molar refractivity (Wildman–Crippen MR) is 86.3 cm³/mol. The first kappa shape index (κ1) is 14.3. The number of nitrogens with zero attached hydrogens (tertiary/aromatic N) is 2. The molecule has 1 heterocycles. The number of fused-ring (bicyclic) bond motifs is 1. The molecular formula is C18H18N2O2. The molecule has 22 heavy (non-hydrogen) atoms. The SMILES string of the molecule is CC(C)c1nc2ccccc2n1Cc1ccccc1C(=O)O. The Morgan fingerprint density at radius 2 is 1.82 bits per heavy atom. The minimum Gasteiger partial charge on any atom is -0.478 e. The monoisotopic (exact) mass is 294 g/mol. The minimum atomic E-state index is -0.897. The van der Waals surface area contributed by atoms with Crippen LogP contribution in [0.4, 0.5) is 0 Å². The second-order valence-corrected chi connectivity index (χ2v) is 5.66. The summed E-state index contributed by atoms with van der Waals surface area (Å²) in [6.07, 6.45) is 0. The van der Waals surface area contributed by atoms with E-state index in [9.17, 15) is 9.90 Å². The molecule has 1 aromatic heterocycles. The van der Waals surface area contributed by atoms with Gasteiger partial charge < -0.3 is 9.67 Å². The van der Waals surface area contributed by atoms with Gasteiger partial charge in [0.25, 0.3) is 0 Å². The quantitative estimate of drug-likeness (QED) is 0.793. The van der Waals surface area contributed by atoms with Crippen molar-refractivity contribution in [2.24, 2.45) is 0 Å². The van der Waals surface area contributed by atoms with Gasteiger partial charge in [-0.3, -0.25) is 0 Å². The highest BCUT2D eigenvalue weighted by atomic mass is 16.4. The number of imidazole rings is 1. The summed E-state index contributed by atoms with van der Waals surface area (Å²) in [6.45, 7) is 4.71. The van der Waals surface area contributed by atoms with Crippen LogP contribution in [-0.4, -0.2) is 20.6 Å². The molecule has 0 saturated carbocycles. The number of carboxylic acids is 1. The molecule has 0 aliphatic rings. The number of aromatic carboxylic acids is 1. The maximum absolute atomic E-state index is 11.4. The minimum absolute atomic E-state index is 0.268. The largest absolute Gasteiger partial charge is 0.478 e. The first-order valence-electron chi connectivity index (χ1n) is 7.34. The molecular weight excluding hydrogens is 276 g/mol. The third-order valence-electron chi connectivity index (χ3n) is 3.78. The van der Waals surface area contributed by atoms with Crippen LogP contribution >= 0.6 is 0 Å². The Bertz CT molecular complexity index is 834. The van der Waals surface area contributed by atoms with E-state index in [4.69, 9.17) is 4.98 Å². The number of rotatable bonds is 4. The van der Waals surface area contributed by atoms with E-state index >= 15 is 0 Å². The number of aromatic nitrogens is 2. The summed E-state index contributed by atoms with van der Waals surface area (Å²) in [4.78, 5) is 16.1. The Labute approximate surface area is 129 Å². The molecule has 4 heteroatoms. The van der Waals surface area contributed by atoms with Crippen molar-refractivity contribution < 1.29 is 9.90 Å². The third-order valence-corrected chi connectivity index (χ3v) is 3.78. The van der Waals surface area contributed by atoms with Crippen molar-refractivity contribution in [3.05, 3.63) is 65.5 Å². The van der Waals surface area contributed by atoms with Gasteiger partial charge in [0, 0.05) is 5.92 Å². The summed E-state index contributed by atoms with van der Waals surface area (Å²) >= 11 is 0. The number of benzene rings is 2. The molecule has 4 nitrogen and oxygen atoms in total. The molecule has 0 spiro atoms. The molecule has 0 aliphatic heterocycles. The van der Waals surface area contributed by atoms with Crippen LogP contribution in [0.3, 0.4) is 0 Å². The summed E-state index contributed by atoms with van der Waals surface area (Å²) in [5.74, 6) is 0.344. The summed E-state index contributed by atoms with van der Waals surface area (Å²) in [5, 5.41) is 9.36. The normalized spacial score (nSPS) is 11.2. The van der Waals surface area contributed by atoms with E-state index in [0.29, 0.717) is 12.1 Å². The van der Waals surface area contributed by atoms with Crippen molar-refractivity contribution in [3.63, 3.8) is 0 Å². The molecule has 0 radical (unpaired) electrons. The van der Waals surface area contributed by atoms with Crippen LogP contribution < -0.4 is 0 Å². The Kier molecular flexibility index (Phi) is 3.67. The van der Waals surface area contributed by atoms with Gasteiger partial charge >= 0.3 is 5.97 Å². The van der Waals surface area contributed by atoms with Crippen LogP contribution in [0.15, 0.2) is 48.5 Å². The zero-order valence-electron chi connectivity index (χ0n) is 12.7. The van der Waals surface area contributed by atoms with Gasteiger partial charge in [0.1, 0.15) is 5.82 Å². The maximum Gasteiger partial charge on any atom is 0.336 e. The van der Waals surface area contributed by atoms with Crippen LogP contribution in [-0.2, 0) is 6.54 Å². The fourth-order valence-corrected chi connectivity index (χ4v) is 2.74. The fraction of sp³-hybridized carbons (Fsp3) is 0.222. The maximum atomic E-state index is 11.4. The van der Waals surface area contributed by atoms with Gasteiger partial charge in [0.15, 0.2) is 0 Å². The van der Waals surface area contributed by atoms with Gasteiger partial charge in [-0.05, 0) is 23.8 Å². The van der Waals surface area contributed by atoms with E-state index in [-0.39, 0.29) is 5.92 Å². The summed E-state index contributed by atoms with van der Waals surface area (Å²) in [7, 11) is 0. The molecule has 2 aromatic carbocycles. The molecule has 0 fully saturated rings. The first-order valence-corrected chi connectivity index (χ1v) is 7.34. The van der Waals surface area contributed by atoms with Crippen molar-refractivity contribution in [2.45, 2.75) is 26.3 Å². The Hall–Kier alpha value is -2.62. The smallest absolute Gasteiger partial charge is 0.336 e. The van der Waals surface area contributed by atoms with Crippen molar-refractivity contribution in [1.29, 1.82) is 0 Å². The number of carbonyl (C=O) groups is 1. The first-order chi connectivity index (χ1) is 10.6. The van der Waals surface area contributed by atoms with Crippen LogP contribution in [0.1, 0.15) is 41.5 Å². The zero-order valence-corrected chi connectivity index (χ0v) is 12.7. The van der Waals surface area contributed by atoms with Gasteiger partial charge in [-0.25, -0.2) is 9.78 Å². The molecule has 0 amide bonds. The molecule has 0 aliphatic carbocycles. The van der Waals surface area contributed by atoms with Crippen LogP contribution in [0.5, 0.6) is 0 Å². The standard InChI is InChI=1S/C18H18N2O2/c1-12(2)17-19-15-9-5-6-10-16(15)20(17)11-13-7-3-4-8-14(13)18(21)22/h3-10,12H,11H2,1-2H3,(H,21,22). The second kappa shape index (κ2) is 5.64. The summed E-state index contributed by atoms with van der Waals surface area (Å²) in [6, 6.07) is 15.1. The topological polar surface area (TPSA) is 55.1 Å². The molecule has 0 bridgehead atoms. The van der Waals surface area contributed by atoms with E-state index in [0.717, 1.165) is 22.4 Å². The Morgan fingerprint density at radius 3 is 2.55 bits per heavy atom. The van der Waals surface area contributed by atoms with Gasteiger partial charge in [-0.2, -0.15) is 0 Å². The van der Waals surface area contributed by atoms with E-state index in [1.54, 1.807) is 12.1 Å². The summed E-state index contributed by atoms with van der Waals surface area (Å²) in [5.41, 5.74) is 3.11. The summed E-state index contributed by atoms with van der Waals surface area (Å²) < 4.78 is 2.11. The highest BCUT2D eigenvalue weighted by Crippen LogP contribution is 2.24. The Morgan fingerprint density at radius 1 is 1.14 bits per heavy atom. The average Bonchev–Trinajstić information content (AvgIpc) is 2.87. The predicted octanol–water partition coefficient (Wildman–Crippen LogP) is 3.91. The van der Waals surface area contributed by atoms with Gasteiger partial charge in [-0.15, -0.1) is 0 Å². The van der Waals surface area contributed by atoms with E-state index in [1.165, 1.54) is 0 Å². The molecule has 3 rings (SSSR count). The molecule has 0 atom stereocenters. The van der Waals surface area contributed by atoms with Crippen molar-refractivity contribution >= 4 is 17.0 Å². The number of para-hydroxylation sites is 2. The molecule has 0 unspecified atom stereocenters. The van der Waals surface area contributed by atoms with Gasteiger partial charge in [-0.1, -0.05) is 44.2 Å². The van der Waals surface area contributed by atoms with Crippen LogP contribution in [0.2, 0.25) is 0 Å². The van der Waals surface area contributed by atoms with Crippen molar-refractivity contribution in [1.82, 2.24) is 9.55 Å².